The molecule has 10 heteroatoms. The van der Waals surface area contributed by atoms with E-state index in [1.54, 1.807) is 11.5 Å². The lowest BCUT2D eigenvalue weighted by atomic mass is 10.1. The molecule has 0 spiro atoms. The number of fused-ring (bicyclic) bond motifs is 1. The Balaban J connectivity index is 1.69. The van der Waals surface area contributed by atoms with Crippen LogP contribution in [0.3, 0.4) is 0 Å². The number of aromatic nitrogens is 4. The molecule has 2 aliphatic heterocycles. The van der Waals surface area contributed by atoms with E-state index in [0.29, 0.717) is 17.0 Å². The summed E-state index contributed by atoms with van der Waals surface area (Å²) in [5, 5.41) is 22.4. The Morgan fingerprint density at radius 1 is 1.20 bits per heavy atom. The monoisotopic (exact) mass is 368 g/mol. The van der Waals surface area contributed by atoms with Crippen molar-refractivity contribution in [3.05, 3.63) is 11.6 Å². The van der Waals surface area contributed by atoms with Crippen LogP contribution in [-0.2, 0) is 4.74 Å². The smallest absolute Gasteiger partial charge is 0.226 e. The molecule has 2 fully saturated rings. The van der Waals surface area contributed by atoms with E-state index in [2.05, 4.69) is 25.4 Å². The molecule has 0 aliphatic carbocycles. The molecule has 2 aromatic heterocycles. The van der Waals surface area contributed by atoms with Gasteiger partial charge in [0.25, 0.3) is 0 Å². The van der Waals surface area contributed by atoms with E-state index in [0.717, 1.165) is 25.9 Å². The van der Waals surface area contributed by atoms with Crippen molar-refractivity contribution in [1.82, 2.24) is 24.5 Å². The first kappa shape index (κ1) is 16.9. The van der Waals surface area contributed by atoms with Crippen LogP contribution < -0.4 is 5.43 Å². The second-order valence-electron chi connectivity index (χ2n) is 6.54. The van der Waals surface area contributed by atoms with Gasteiger partial charge in [-0.2, -0.15) is 9.97 Å². The third-order valence-corrected chi connectivity index (χ3v) is 4.93. The van der Waals surface area contributed by atoms with Gasteiger partial charge in [0, 0.05) is 13.1 Å². The highest BCUT2D eigenvalue weighted by Gasteiger charge is 2.42. The van der Waals surface area contributed by atoms with E-state index in [9.17, 15) is 10.2 Å². The van der Waals surface area contributed by atoms with E-state index in [-0.39, 0.29) is 5.28 Å². The summed E-state index contributed by atoms with van der Waals surface area (Å²) in [7, 11) is 0. The minimum atomic E-state index is -1.07. The fourth-order valence-electron chi connectivity index (χ4n) is 3.37. The molecule has 0 aromatic carbocycles. The average molecular weight is 369 g/mol. The number of aliphatic hydroxyl groups excluding tert-OH is 2. The first-order valence-corrected chi connectivity index (χ1v) is 8.85. The maximum Gasteiger partial charge on any atom is 0.226 e. The Morgan fingerprint density at radius 3 is 2.64 bits per heavy atom. The first-order chi connectivity index (χ1) is 12.0. The Morgan fingerprint density at radius 2 is 1.96 bits per heavy atom. The topological polar surface area (TPSA) is 109 Å². The van der Waals surface area contributed by atoms with E-state index in [1.807, 2.05) is 0 Å². The number of nitrogens with zero attached hydrogens (tertiary/aromatic N) is 5. The van der Waals surface area contributed by atoms with Gasteiger partial charge in [0.2, 0.25) is 5.28 Å². The number of hydrazine groups is 1. The average Bonchev–Trinajstić information content (AvgIpc) is 3.12. The van der Waals surface area contributed by atoms with Crippen molar-refractivity contribution < 1.29 is 14.9 Å². The Kier molecular flexibility index (Phi) is 4.50. The summed E-state index contributed by atoms with van der Waals surface area (Å²) in [6.07, 6.45) is 1.71. The third kappa shape index (κ3) is 3.06. The van der Waals surface area contributed by atoms with Crippen molar-refractivity contribution in [2.75, 3.05) is 18.5 Å². The van der Waals surface area contributed by atoms with Gasteiger partial charge in [-0.1, -0.05) is 6.42 Å². The van der Waals surface area contributed by atoms with Crippen LogP contribution in [0.1, 0.15) is 32.4 Å². The molecule has 2 aliphatic rings. The number of hydrogen-bond acceptors (Lipinski definition) is 8. The van der Waals surface area contributed by atoms with Gasteiger partial charge in [-0.05, 0) is 31.4 Å². The Labute approximate surface area is 149 Å². The molecule has 0 amide bonds. The summed E-state index contributed by atoms with van der Waals surface area (Å²) in [5.41, 5.74) is 4.26. The lowest BCUT2D eigenvalue weighted by molar-refractivity contribution is -0.0299. The molecule has 0 bridgehead atoms. The maximum absolute atomic E-state index is 10.2. The zero-order chi connectivity index (χ0) is 17.6. The molecular formula is C15H21ClN6O3. The zero-order valence-corrected chi connectivity index (χ0v) is 14.6. The van der Waals surface area contributed by atoms with Crippen LogP contribution in [0.5, 0.6) is 0 Å². The number of nitrogens with one attached hydrogen (secondary N) is 1. The molecule has 9 nitrogen and oxygen atoms in total. The minimum absolute atomic E-state index is 0.0786. The summed E-state index contributed by atoms with van der Waals surface area (Å²) in [6.45, 7) is 3.56. The molecule has 0 radical (unpaired) electrons. The van der Waals surface area contributed by atoms with Crippen LogP contribution in [0.25, 0.3) is 11.2 Å². The number of imidazole rings is 1. The van der Waals surface area contributed by atoms with Crippen molar-refractivity contribution in [3.8, 4) is 0 Å². The fraction of sp³-hybridized carbons (Fsp3) is 0.667. The van der Waals surface area contributed by atoms with Gasteiger partial charge in [-0.15, -0.1) is 0 Å². The fourth-order valence-corrected chi connectivity index (χ4v) is 3.53. The van der Waals surface area contributed by atoms with Gasteiger partial charge in [0.15, 0.2) is 23.2 Å². The molecule has 2 aromatic rings. The SMILES string of the molecule is C[C@H]1O[C@@H](n2cnc3c(NN4CCCCC4)nc(Cl)nc32)C(O)C1O. The van der Waals surface area contributed by atoms with E-state index in [4.69, 9.17) is 16.3 Å². The number of ether oxygens (including phenoxy) is 1. The molecular weight excluding hydrogens is 348 g/mol. The van der Waals surface area contributed by atoms with E-state index in [1.165, 1.54) is 12.7 Å². The highest BCUT2D eigenvalue weighted by atomic mass is 35.5. The Hall–Kier alpha value is -1.52. The van der Waals surface area contributed by atoms with Crippen molar-refractivity contribution in [1.29, 1.82) is 0 Å². The molecule has 4 heterocycles. The summed E-state index contributed by atoms with van der Waals surface area (Å²) in [4.78, 5) is 12.9. The second kappa shape index (κ2) is 6.65. The number of rotatable bonds is 3. The van der Waals surface area contributed by atoms with Crippen molar-refractivity contribution in [3.63, 3.8) is 0 Å². The van der Waals surface area contributed by atoms with Crippen LogP contribution in [0.2, 0.25) is 5.28 Å². The molecule has 2 saturated heterocycles. The van der Waals surface area contributed by atoms with Crippen LogP contribution in [0.4, 0.5) is 5.82 Å². The van der Waals surface area contributed by atoms with Crippen molar-refractivity contribution in [2.45, 2.75) is 50.7 Å². The lowest BCUT2D eigenvalue weighted by Gasteiger charge is -2.27. The van der Waals surface area contributed by atoms with Gasteiger partial charge in [-0.25, -0.2) is 9.99 Å². The van der Waals surface area contributed by atoms with Crippen LogP contribution in [-0.4, -0.2) is 66.1 Å². The van der Waals surface area contributed by atoms with Crippen LogP contribution >= 0.6 is 11.6 Å². The van der Waals surface area contributed by atoms with Gasteiger partial charge in [0.05, 0.1) is 12.4 Å². The minimum Gasteiger partial charge on any atom is -0.388 e. The summed E-state index contributed by atoms with van der Waals surface area (Å²) in [5.74, 6) is 0.525. The van der Waals surface area contributed by atoms with E-state index >= 15 is 0 Å². The highest BCUT2D eigenvalue weighted by molar-refractivity contribution is 6.28. The number of anilines is 1. The number of piperidine rings is 1. The van der Waals surface area contributed by atoms with Gasteiger partial charge < -0.3 is 20.4 Å². The standard InChI is InChI=1S/C15H21ClN6O3/c1-8-10(23)11(24)14(25-8)22-7-17-9-12(18-15(16)19-13(9)22)20-21-5-3-2-4-6-21/h7-8,10-11,14,23-24H,2-6H2,1H3,(H,18,19,20)/t8-,10?,11?,14-/m1/s1. The normalized spacial score (nSPS) is 30.9. The number of hydrogen-bond donors (Lipinski definition) is 3. The quantitative estimate of drug-likeness (QED) is 0.687. The van der Waals surface area contributed by atoms with Gasteiger partial charge in [-0.3, -0.25) is 4.57 Å². The summed E-state index contributed by atoms with van der Waals surface area (Å²) < 4.78 is 7.24. The molecule has 4 atom stereocenters. The first-order valence-electron chi connectivity index (χ1n) is 8.48. The predicted molar refractivity (Wildman–Crippen MR) is 91.0 cm³/mol. The third-order valence-electron chi connectivity index (χ3n) is 4.77. The van der Waals surface area contributed by atoms with Gasteiger partial charge in [0.1, 0.15) is 12.2 Å². The largest absolute Gasteiger partial charge is 0.388 e. The zero-order valence-electron chi connectivity index (χ0n) is 13.8. The highest BCUT2D eigenvalue weighted by Crippen LogP contribution is 2.32. The van der Waals surface area contributed by atoms with Crippen LogP contribution in [0, 0.1) is 0 Å². The van der Waals surface area contributed by atoms with Crippen molar-refractivity contribution in [2.24, 2.45) is 0 Å². The molecule has 2 unspecified atom stereocenters. The number of halogens is 1. The molecule has 136 valence electrons. The molecule has 4 rings (SSSR count). The van der Waals surface area contributed by atoms with Gasteiger partial charge >= 0.3 is 0 Å². The number of aliphatic hydroxyl groups is 2. The second-order valence-corrected chi connectivity index (χ2v) is 6.88. The lowest BCUT2D eigenvalue weighted by Crippen LogP contribution is -2.35. The van der Waals surface area contributed by atoms with E-state index < -0.39 is 24.5 Å². The predicted octanol–water partition coefficient (Wildman–Crippen LogP) is 0.932. The molecule has 25 heavy (non-hydrogen) atoms. The maximum atomic E-state index is 10.2. The Bertz CT molecular complexity index is 765. The van der Waals surface area contributed by atoms with Crippen LogP contribution in [0.15, 0.2) is 6.33 Å². The molecule has 3 N–H and O–H groups in total. The molecule has 0 saturated carbocycles. The van der Waals surface area contributed by atoms with Crippen molar-refractivity contribution >= 4 is 28.6 Å². The summed E-state index contributed by atoms with van der Waals surface area (Å²) in [6, 6.07) is 0. The summed E-state index contributed by atoms with van der Waals surface area (Å²) >= 11 is 6.10.